The van der Waals surface area contributed by atoms with Gasteiger partial charge in [-0.2, -0.15) is 0 Å². The fourth-order valence-electron chi connectivity index (χ4n) is 2.38. The lowest BCUT2D eigenvalue weighted by Gasteiger charge is -2.16. The maximum atomic E-state index is 11.9. The predicted molar refractivity (Wildman–Crippen MR) is 110 cm³/mol. The van der Waals surface area contributed by atoms with Crippen LogP contribution in [0.3, 0.4) is 0 Å². The zero-order valence-corrected chi connectivity index (χ0v) is 17.3. The zero-order valence-electron chi connectivity index (χ0n) is 17.3. The highest BCUT2D eigenvalue weighted by molar-refractivity contribution is 5.86. The molecule has 150 valence electrons. The number of nitrogens with zero attached hydrogens (tertiary/aromatic N) is 2. The average molecular weight is 375 g/mol. The van der Waals surface area contributed by atoms with Crippen LogP contribution in [-0.2, 0) is 11.3 Å². The van der Waals surface area contributed by atoms with Gasteiger partial charge in [-0.1, -0.05) is 26.0 Å². The van der Waals surface area contributed by atoms with Crippen LogP contribution in [0.25, 0.3) is 0 Å². The van der Waals surface area contributed by atoms with Gasteiger partial charge in [0, 0.05) is 26.2 Å². The smallest absolute Gasteiger partial charge is 0.241 e. The van der Waals surface area contributed by atoms with Gasteiger partial charge in [-0.25, -0.2) is 4.99 Å². The van der Waals surface area contributed by atoms with Crippen molar-refractivity contribution in [1.29, 1.82) is 0 Å². The van der Waals surface area contributed by atoms with E-state index in [0.29, 0.717) is 24.3 Å². The second-order valence-electron chi connectivity index (χ2n) is 7.95. The minimum absolute atomic E-state index is 0.0119. The third-order valence-corrected chi connectivity index (χ3v) is 4.39. The van der Waals surface area contributed by atoms with E-state index < -0.39 is 0 Å². The van der Waals surface area contributed by atoms with E-state index in [-0.39, 0.29) is 12.5 Å². The number of benzene rings is 1. The molecule has 0 aliphatic heterocycles. The van der Waals surface area contributed by atoms with E-state index in [1.54, 1.807) is 19.0 Å². The molecule has 1 aliphatic rings. The van der Waals surface area contributed by atoms with Crippen LogP contribution in [0.1, 0.15) is 37.8 Å². The minimum atomic E-state index is 0.0119. The summed E-state index contributed by atoms with van der Waals surface area (Å²) in [7, 11) is 3.50. The molecule has 1 fully saturated rings. The van der Waals surface area contributed by atoms with Gasteiger partial charge in [-0.3, -0.25) is 4.79 Å². The van der Waals surface area contributed by atoms with Gasteiger partial charge in [0.25, 0.3) is 0 Å². The van der Waals surface area contributed by atoms with E-state index in [1.165, 1.54) is 18.4 Å². The van der Waals surface area contributed by atoms with Gasteiger partial charge >= 0.3 is 0 Å². The van der Waals surface area contributed by atoms with Crippen molar-refractivity contribution >= 4 is 11.9 Å². The monoisotopic (exact) mass is 374 g/mol. The van der Waals surface area contributed by atoms with Crippen molar-refractivity contribution < 1.29 is 9.53 Å². The molecule has 0 atom stereocenters. The highest BCUT2D eigenvalue weighted by atomic mass is 16.5. The molecular formula is C21H34N4O2. The average Bonchev–Trinajstić information content (AvgIpc) is 3.44. The van der Waals surface area contributed by atoms with Crippen molar-refractivity contribution in [3.05, 3.63) is 29.3 Å². The molecule has 0 unspecified atom stereocenters. The molecular weight excluding hydrogens is 340 g/mol. The predicted octanol–water partition coefficient (Wildman–Crippen LogP) is 2.56. The van der Waals surface area contributed by atoms with E-state index in [4.69, 9.17) is 4.74 Å². The second kappa shape index (κ2) is 10.2. The fourth-order valence-corrected chi connectivity index (χ4v) is 2.38. The van der Waals surface area contributed by atoms with Crippen molar-refractivity contribution in [3.8, 4) is 5.75 Å². The summed E-state index contributed by atoms with van der Waals surface area (Å²) in [6.07, 6.45) is 2.54. The van der Waals surface area contributed by atoms with Crippen LogP contribution in [0, 0.1) is 18.8 Å². The van der Waals surface area contributed by atoms with Crippen LogP contribution in [0.5, 0.6) is 5.75 Å². The van der Waals surface area contributed by atoms with Crippen LogP contribution >= 0.6 is 0 Å². The zero-order chi connectivity index (χ0) is 19.8. The van der Waals surface area contributed by atoms with E-state index >= 15 is 0 Å². The first-order valence-electron chi connectivity index (χ1n) is 9.79. The van der Waals surface area contributed by atoms with Crippen molar-refractivity contribution in [2.45, 2.75) is 40.2 Å². The van der Waals surface area contributed by atoms with E-state index in [9.17, 15) is 4.79 Å². The number of likely N-dealkylation sites (N-methyl/N-ethyl adjacent to an activating group) is 1. The Morgan fingerprint density at radius 1 is 1.30 bits per heavy atom. The van der Waals surface area contributed by atoms with Crippen LogP contribution in [0.15, 0.2) is 23.2 Å². The molecule has 2 N–H and O–H groups in total. The summed E-state index contributed by atoms with van der Waals surface area (Å²) in [5, 5.41) is 6.43. The van der Waals surface area contributed by atoms with Crippen LogP contribution in [0.2, 0.25) is 0 Å². The van der Waals surface area contributed by atoms with Gasteiger partial charge in [0.1, 0.15) is 5.75 Å². The molecule has 27 heavy (non-hydrogen) atoms. The molecule has 1 aromatic carbocycles. The first-order valence-corrected chi connectivity index (χ1v) is 9.79. The van der Waals surface area contributed by atoms with Gasteiger partial charge < -0.3 is 20.3 Å². The Bertz CT molecular complexity index is 652. The number of hydrogen-bond donors (Lipinski definition) is 2. The summed E-state index contributed by atoms with van der Waals surface area (Å²) >= 11 is 0. The maximum Gasteiger partial charge on any atom is 0.241 e. The Hall–Kier alpha value is -2.24. The number of guanidine groups is 1. The van der Waals surface area contributed by atoms with Gasteiger partial charge in [-0.15, -0.1) is 0 Å². The van der Waals surface area contributed by atoms with E-state index in [0.717, 1.165) is 24.5 Å². The number of carbonyl (C=O) groups excluding carboxylic acids is 1. The van der Waals surface area contributed by atoms with Crippen LogP contribution < -0.4 is 15.4 Å². The summed E-state index contributed by atoms with van der Waals surface area (Å²) in [5.74, 6) is 2.77. The molecule has 0 radical (unpaired) electrons. The lowest BCUT2D eigenvalue weighted by molar-refractivity contribution is -0.127. The molecule has 0 saturated heterocycles. The highest BCUT2D eigenvalue weighted by Crippen LogP contribution is 2.30. The largest absolute Gasteiger partial charge is 0.493 e. The molecule has 1 amide bonds. The fraction of sp³-hybridized carbons (Fsp3) is 0.619. The van der Waals surface area contributed by atoms with Gasteiger partial charge in [0.2, 0.25) is 5.91 Å². The van der Waals surface area contributed by atoms with E-state index in [1.807, 2.05) is 0 Å². The highest BCUT2D eigenvalue weighted by Gasteiger charge is 2.22. The number of aryl methyl sites for hydroxylation is 1. The third-order valence-electron chi connectivity index (χ3n) is 4.39. The molecule has 2 rings (SSSR count). The Morgan fingerprint density at radius 3 is 2.67 bits per heavy atom. The Labute approximate surface area is 163 Å². The first kappa shape index (κ1) is 21.1. The molecule has 0 bridgehead atoms. The Balaban J connectivity index is 2.04. The molecule has 0 heterocycles. The SMILES string of the molecule is Cc1ccc(CN=C(NCC(=O)N(C)C)NCC(C)C)c(OCC2CC2)c1. The lowest BCUT2D eigenvalue weighted by atomic mass is 10.1. The molecule has 6 heteroatoms. The topological polar surface area (TPSA) is 66.0 Å². The standard InChI is InChI=1S/C21H34N4O2/c1-15(2)11-22-21(24-13-20(26)25(4)5)23-12-18-9-6-16(3)10-19(18)27-14-17-7-8-17/h6,9-10,15,17H,7-8,11-14H2,1-5H3,(H2,22,23,24). The van der Waals surface area contributed by atoms with Crippen molar-refractivity contribution in [2.75, 3.05) is 33.8 Å². The molecule has 6 nitrogen and oxygen atoms in total. The Kier molecular flexibility index (Phi) is 7.95. The molecule has 1 aliphatic carbocycles. The van der Waals surface area contributed by atoms with Crippen molar-refractivity contribution in [3.63, 3.8) is 0 Å². The number of hydrogen-bond acceptors (Lipinski definition) is 3. The normalized spacial score (nSPS) is 14.2. The third kappa shape index (κ3) is 7.89. The minimum Gasteiger partial charge on any atom is -0.493 e. The van der Waals surface area contributed by atoms with Crippen LogP contribution in [0.4, 0.5) is 0 Å². The maximum absolute atomic E-state index is 11.9. The number of carbonyl (C=O) groups is 1. The quantitative estimate of drug-likeness (QED) is 0.515. The van der Waals surface area contributed by atoms with E-state index in [2.05, 4.69) is 54.6 Å². The molecule has 1 aromatic rings. The first-order chi connectivity index (χ1) is 12.8. The summed E-state index contributed by atoms with van der Waals surface area (Å²) in [6, 6.07) is 6.24. The molecule has 1 saturated carbocycles. The van der Waals surface area contributed by atoms with Crippen LogP contribution in [-0.4, -0.2) is 50.6 Å². The summed E-state index contributed by atoms with van der Waals surface area (Å²) < 4.78 is 6.03. The number of nitrogens with one attached hydrogen (secondary N) is 2. The molecule has 0 aromatic heterocycles. The summed E-state index contributed by atoms with van der Waals surface area (Å²) in [4.78, 5) is 18.1. The summed E-state index contributed by atoms with van der Waals surface area (Å²) in [5.41, 5.74) is 2.24. The number of amides is 1. The summed E-state index contributed by atoms with van der Waals surface area (Å²) in [6.45, 7) is 8.65. The van der Waals surface area contributed by atoms with Gasteiger partial charge in [-0.05, 0) is 43.2 Å². The number of rotatable bonds is 9. The lowest BCUT2D eigenvalue weighted by Crippen LogP contribution is -2.44. The second-order valence-corrected chi connectivity index (χ2v) is 7.95. The Morgan fingerprint density at radius 2 is 2.04 bits per heavy atom. The number of aliphatic imine (C=N–C) groups is 1. The van der Waals surface area contributed by atoms with Gasteiger partial charge in [0.05, 0.1) is 19.7 Å². The van der Waals surface area contributed by atoms with Crippen molar-refractivity contribution in [2.24, 2.45) is 16.8 Å². The van der Waals surface area contributed by atoms with Crippen molar-refractivity contribution in [1.82, 2.24) is 15.5 Å². The molecule has 0 spiro atoms. The number of ether oxygens (including phenoxy) is 1. The van der Waals surface area contributed by atoms with Gasteiger partial charge in [0.15, 0.2) is 5.96 Å².